The van der Waals surface area contributed by atoms with Crippen LogP contribution < -0.4 is 4.90 Å². The van der Waals surface area contributed by atoms with Gasteiger partial charge in [0.15, 0.2) is 5.13 Å². The Morgan fingerprint density at radius 1 is 1.76 bits per heavy atom. The molecule has 1 aromatic heterocycles. The van der Waals surface area contributed by atoms with Gasteiger partial charge < -0.3 is 10.0 Å². The number of hydrogen-bond acceptors (Lipinski definition) is 6. The second-order valence-electron chi connectivity index (χ2n) is 3.52. The molecule has 1 rings (SSSR count). The van der Waals surface area contributed by atoms with Crippen LogP contribution in [0.15, 0.2) is 6.20 Å². The molecule has 17 heavy (non-hydrogen) atoms. The van der Waals surface area contributed by atoms with Crippen LogP contribution in [0.5, 0.6) is 0 Å². The molecule has 8 heteroatoms. The lowest BCUT2D eigenvalue weighted by molar-refractivity contribution is -0.380. The third-order valence-electron chi connectivity index (χ3n) is 2.23. The highest BCUT2D eigenvalue weighted by Crippen LogP contribution is 2.28. The van der Waals surface area contributed by atoms with Crippen LogP contribution in [-0.2, 0) is 4.79 Å². The molecule has 0 radical (unpaired) electrons. The number of aromatic nitrogens is 1. The van der Waals surface area contributed by atoms with E-state index in [1.54, 1.807) is 11.8 Å². The summed E-state index contributed by atoms with van der Waals surface area (Å²) >= 11 is 0.950. The van der Waals surface area contributed by atoms with Crippen molar-refractivity contribution in [3.05, 3.63) is 16.3 Å². The van der Waals surface area contributed by atoms with Gasteiger partial charge in [-0.1, -0.05) is 6.92 Å². The molecule has 0 aliphatic carbocycles. The second kappa shape index (κ2) is 5.58. The zero-order valence-electron chi connectivity index (χ0n) is 9.49. The van der Waals surface area contributed by atoms with E-state index in [2.05, 4.69) is 4.98 Å². The van der Waals surface area contributed by atoms with E-state index in [4.69, 9.17) is 5.11 Å². The summed E-state index contributed by atoms with van der Waals surface area (Å²) in [5.74, 6) is -1.44. The number of rotatable bonds is 6. The molecule has 0 saturated heterocycles. The standard InChI is InChI=1S/C9H13N3O4S/c1-3-11(5-6(2)8(13)14)9-10-4-7(17-9)12(15)16/h4,6H,3,5H2,1-2H3,(H,13,14). The van der Waals surface area contributed by atoms with Crippen molar-refractivity contribution in [2.75, 3.05) is 18.0 Å². The van der Waals surface area contributed by atoms with Gasteiger partial charge in [-0.25, -0.2) is 4.98 Å². The average Bonchev–Trinajstić information content (AvgIpc) is 2.74. The van der Waals surface area contributed by atoms with Crippen LogP contribution in [0.25, 0.3) is 0 Å². The number of nitro groups is 1. The zero-order chi connectivity index (χ0) is 13.0. The maximum absolute atomic E-state index is 10.7. The minimum atomic E-state index is -0.894. The summed E-state index contributed by atoms with van der Waals surface area (Å²) in [4.78, 5) is 26.4. The van der Waals surface area contributed by atoms with Crippen LogP contribution in [0.2, 0.25) is 0 Å². The van der Waals surface area contributed by atoms with E-state index in [0.717, 1.165) is 11.3 Å². The number of carboxylic acid groups (broad SMARTS) is 1. The van der Waals surface area contributed by atoms with Crippen LogP contribution in [0.3, 0.4) is 0 Å². The normalized spacial score (nSPS) is 12.1. The summed E-state index contributed by atoms with van der Waals surface area (Å²) in [6.45, 7) is 4.29. The van der Waals surface area contributed by atoms with E-state index in [0.29, 0.717) is 11.7 Å². The first-order valence-corrected chi connectivity index (χ1v) is 5.85. The van der Waals surface area contributed by atoms with Gasteiger partial charge >= 0.3 is 11.0 Å². The number of hydrogen-bond donors (Lipinski definition) is 1. The fourth-order valence-corrected chi connectivity index (χ4v) is 2.04. The molecule has 0 saturated carbocycles. The number of carboxylic acids is 1. The minimum absolute atomic E-state index is 0.0403. The van der Waals surface area contributed by atoms with Crippen molar-refractivity contribution < 1.29 is 14.8 Å². The number of aliphatic carboxylic acids is 1. The van der Waals surface area contributed by atoms with Gasteiger partial charge in [0, 0.05) is 13.1 Å². The molecule has 0 aliphatic heterocycles. The van der Waals surface area contributed by atoms with E-state index in [1.807, 2.05) is 6.92 Å². The molecule has 1 N–H and O–H groups in total. The summed E-state index contributed by atoms with van der Waals surface area (Å²) in [6.07, 6.45) is 1.19. The molecule has 0 amide bonds. The van der Waals surface area contributed by atoms with Crippen LogP contribution in [-0.4, -0.2) is 34.1 Å². The molecule has 0 aromatic carbocycles. The quantitative estimate of drug-likeness (QED) is 0.615. The van der Waals surface area contributed by atoms with Gasteiger partial charge in [-0.2, -0.15) is 0 Å². The first-order valence-electron chi connectivity index (χ1n) is 5.03. The number of anilines is 1. The molecule has 0 bridgehead atoms. The Morgan fingerprint density at radius 3 is 2.82 bits per heavy atom. The third kappa shape index (κ3) is 3.38. The van der Waals surface area contributed by atoms with Crippen molar-refractivity contribution in [2.24, 2.45) is 5.92 Å². The molecular weight excluding hydrogens is 246 g/mol. The maximum atomic E-state index is 10.7. The van der Waals surface area contributed by atoms with Gasteiger partial charge in [0.2, 0.25) is 0 Å². The van der Waals surface area contributed by atoms with E-state index in [-0.39, 0.29) is 11.5 Å². The molecule has 0 aliphatic rings. The number of thiazole rings is 1. The summed E-state index contributed by atoms with van der Waals surface area (Å²) in [5.41, 5.74) is 0. The van der Waals surface area contributed by atoms with Crippen LogP contribution in [0.4, 0.5) is 10.1 Å². The van der Waals surface area contributed by atoms with Gasteiger partial charge in [0.25, 0.3) is 0 Å². The molecule has 1 heterocycles. The molecule has 1 atom stereocenters. The number of nitrogens with zero attached hydrogens (tertiary/aromatic N) is 3. The SMILES string of the molecule is CCN(CC(C)C(=O)O)c1ncc([N+](=O)[O-])s1. The monoisotopic (exact) mass is 259 g/mol. The van der Waals surface area contributed by atoms with Gasteiger partial charge in [0.05, 0.1) is 10.8 Å². The summed E-state index contributed by atoms with van der Waals surface area (Å²) in [6, 6.07) is 0. The number of carbonyl (C=O) groups is 1. The highest BCUT2D eigenvalue weighted by molar-refractivity contribution is 7.18. The largest absolute Gasteiger partial charge is 0.481 e. The summed E-state index contributed by atoms with van der Waals surface area (Å²) < 4.78 is 0. The Morgan fingerprint density at radius 2 is 2.41 bits per heavy atom. The fraction of sp³-hybridized carbons (Fsp3) is 0.556. The topological polar surface area (TPSA) is 96.6 Å². The first-order chi connectivity index (χ1) is 7.95. The minimum Gasteiger partial charge on any atom is -0.481 e. The van der Waals surface area contributed by atoms with E-state index in [9.17, 15) is 14.9 Å². The van der Waals surface area contributed by atoms with Gasteiger partial charge in [-0.15, -0.1) is 0 Å². The van der Waals surface area contributed by atoms with Crippen LogP contribution in [0.1, 0.15) is 13.8 Å². The summed E-state index contributed by atoms with van der Waals surface area (Å²) in [5, 5.41) is 19.8. The van der Waals surface area contributed by atoms with Gasteiger partial charge in [-0.05, 0) is 18.3 Å². The van der Waals surface area contributed by atoms with Gasteiger partial charge in [-0.3, -0.25) is 14.9 Å². The lowest BCUT2D eigenvalue weighted by Gasteiger charge is -2.21. The molecule has 94 valence electrons. The Kier molecular flexibility index (Phi) is 4.38. The molecule has 1 aromatic rings. The Bertz CT molecular complexity index is 420. The Labute approximate surface area is 102 Å². The Balaban J connectivity index is 2.79. The van der Waals surface area contributed by atoms with Crippen molar-refractivity contribution in [1.29, 1.82) is 0 Å². The van der Waals surface area contributed by atoms with Crippen molar-refractivity contribution in [1.82, 2.24) is 4.98 Å². The van der Waals surface area contributed by atoms with Crippen molar-refractivity contribution >= 4 is 27.4 Å². The second-order valence-corrected chi connectivity index (χ2v) is 4.50. The van der Waals surface area contributed by atoms with E-state index < -0.39 is 16.8 Å². The fourth-order valence-electron chi connectivity index (χ4n) is 1.24. The Hall–Kier alpha value is -1.70. The lowest BCUT2D eigenvalue weighted by Crippen LogP contribution is -2.31. The molecule has 0 fully saturated rings. The highest BCUT2D eigenvalue weighted by Gasteiger charge is 2.20. The zero-order valence-corrected chi connectivity index (χ0v) is 10.3. The molecule has 1 unspecified atom stereocenters. The average molecular weight is 259 g/mol. The predicted molar refractivity (Wildman–Crippen MR) is 63.5 cm³/mol. The van der Waals surface area contributed by atoms with Crippen molar-refractivity contribution in [3.8, 4) is 0 Å². The summed E-state index contributed by atoms with van der Waals surface area (Å²) in [7, 11) is 0. The third-order valence-corrected chi connectivity index (χ3v) is 3.24. The first kappa shape index (κ1) is 13.4. The maximum Gasteiger partial charge on any atom is 0.345 e. The van der Waals surface area contributed by atoms with Gasteiger partial charge in [0.1, 0.15) is 6.20 Å². The van der Waals surface area contributed by atoms with Crippen LogP contribution in [0, 0.1) is 16.0 Å². The highest BCUT2D eigenvalue weighted by atomic mass is 32.1. The smallest absolute Gasteiger partial charge is 0.345 e. The van der Waals surface area contributed by atoms with E-state index >= 15 is 0 Å². The van der Waals surface area contributed by atoms with Crippen LogP contribution >= 0.6 is 11.3 Å². The van der Waals surface area contributed by atoms with E-state index in [1.165, 1.54) is 6.20 Å². The lowest BCUT2D eigenvalue weighted by atomic mass is 10.2. The molecule has 0 spiro atoms. The van der Waals surface area contributed by atoms with Crippen molar-refractivity contribution in [3.63, 3.8) is 0 Å². The molecular formula is C9H13N3O4S. The molecule has 7 nitrogen and oxygen atoms in total. The van der Waals surface area contributed by atoms with Crippen molar-refractivity contribution in [2.45, 2.75) is 13.8 Å². The predicted octanol–water partition coefficient (Wildman–Crippen LogP) is 1.60.